The first kappa shape index (κ1) is 67.2. The molecular formula is C50H49F4N2O20S7+. The Kier molecular flexibility index (Phi) is 20.2. The Morgan fingerprint density at radius 3 is 1.73 bits per heavy atom. The second-order valence-corrected chi connectivity index (χ2v) is 27.0. The largest absolute Gasteiger partial charge is 0.481 e. The van der Waals surface area contributed by atoms with Gasteiger partial charge in [0.2, 0.25) is 5.36 Å². The molecule has 8 rings (SSSR count). The maximum absolute atomic E-state index is 17.1. The minimum absolute atomic E-state index is 0.0517. The van der Waals surface area contributed by atoms with E-state index < -0.39 is 136 Å². The zero-order valence-corrected chi connectivity index (χ0v) is 49.9. The predicted octanol–water partition coefficient (Wildman–Crippen LogP) is 4.83. The van der Waals surface area contributed by atoms with E-state index in [0.717, 1.165) is 0 Å². The number of aliphatic carboxylic acids is 1. The van der Waals surface area contributed by atoms with Gasteiger partial charge in [0.15, 0.2) is 35.4 Å². The summed E-state index contributed by atoms with van der Waals surface area (Å²) in [5.74, 6) is -11.6. The first-order valence-electron chi connectivity index (χ1n) is 23.5. The van der Waals surface area contributed by atoms with Gasteiger partial charge in [0.1, 0.15) is 4.90 Å². The molecule has 448 valence electrons. The van der Waals surface area contributed by atoms with Gasteiger partial charge in [-0.05, 0) is 108 Å². The van der Waals surface area contributed by atoms with Crippen LogP contribution in [0.25, 0.3) is 11.1 Å². The van der Waals surface area contributed by atoms with E-state index >= 15 is 17.6 Å². The quantitative estimate of drug-likeness (QED) is 0.0427. The van der Waals surface area contributed by atoms with Gasteiger partial charge in [-0.2, -0.15) is 25.3 Å². The van der Waals surface area contributed by atoms with Gasteiger partial charge in [0.05, 0.1) is 26.9 Å². The molecule has 0 aromatic heterocycles. The fourth-order valence-electron chi connectivity index (χ4n) is 10.5. The molecule has 2 heterocycles. The molecule has 0 radical (unpaired) electrons. The maximum atomic E-state index is 17.1. The second kappa shape index (κ2) is 25.0. The molecule has 0 spiro atoms. The summed E-state index contributed by atoms with van der Waals surface area (Å²) in [6.07, 6.45) is 1.96. The van der Waals surface area contributed by atoms with Crippen molar-refractivity contribution in [1.82, 2.24) is 4.58 Å². The van der Waals surface area contributed by atoms with Crippen LogP contribution in [0.4, 0.5) is 23.2 Å². The van der Waals surface area contributed by atoms with Crippen LogP contribution in [0.2, 0.25) is 0 Å². The van der Waals surface area contributed by atoms with E-state index in [-0.39, 0.29) is 68.5 Å². The minimum Gasteiger partial charge on any atom is -0.481 e. The summed E-state index contributed by atoms with van der Waals surface area (Å²) >= 11 is 0.0517. The number of nitrogens with zero attached hydrogens (tertiary/aromatic N) is 2. The third-order valence-electron chi connectivity index (χ3n) is 13.7. The molecule has 0 bridgehead atoms. The van der Waals surface area contributed by atoms with Crippen molar-refractivity contribution in [2.45, 2.75) is 105 Å². The molecule has 0 saturated heterocycles. The predicted molar refractivity (Wildman–Crippen MR) is 289 cm³/mol. The highest BCUT2D eigenvalue weighted by Gasteiger charge is 2.45. The standard InChI is InChI=1S/C50H48F4N2O11S4.3O3S/c1-26-20-48(2,3)56(23-28-10-8-9-11-39(28)71(65,66)67)37-18-35-33(16-31(26)37)41(42-43(51)45(53)47(46(54)44(42)52)68-24-40(57)58)34-17-32-29(25-69(59,60)61)21-49(4,5)55(38(32)19-36(34)50(35,6)7)22-27-12-14-30(15-13-27)70(62,63)64;3*1-4(2)3/h8-20,29H,21-25H2,1-7H3,(H3-,57,58,59,60,61,62,63,64,65,66,67);;;/p+1. The summed E-state index contributed by atoms with van der Waals surface area (Å²) in [7, 11) is -23.3. The van der Waals surface area contributed by atoms with E-state index in [1.165, 1.54) is 42.5 Å². The SMILES string of the molecule is CC1=CC(C)(C)[N+](Cc2ccccc2S(=O)(=O)O)=c2cc3c(cc21)=C(c1c(F)c(F)c(SCC(=O)O)c(F)c1F)c1cc2c(cc1C3(C)C)N(Cc1ccc(S(=O)(=O)O)cc1)C(C)(C)CC2CS(=O)(=O)O.O=S(=O)=O.O=S(=O)=O.O=S(=O)=O. The second-order valence-electron chi connectivity index (χ2n) is 20.4. The van der Waals surface area contributed by atoms with Crippen LogP contribution >= 0.6 is 11.8 Å². The number of fused-ring (bicyclic) bond motifs is 4. The number of carboxylic acids is 1. The molecule has 0 fully saturated rings. The monoisotopic (exact) mass is 1300 g/mol. The van der Waals surface area contributed by atoms with E-state index in [1.54, 1.807) is 37.3 Å². The molecule has 1 unspecified atom stereocenters. The molecule has 1 aliphatic carbocycles. The summed E-state index contributed by atoms with van der Waals surface area (Å²) in [5.41, 5.74) is -0.991. The number of allylic oxidation sites excluding steroid dienone is 1. The van der Waals surface area contributed by atoms with Gasteiger partial charge in [-0.1, -0.05) is 44.2 Å². The summed E-state index contributed by atoms with van der Waals surface area (Å²) < 4.78 is 249. The number of anilines is 1. The molecule has 33 heteroatoms. The Morgan fingerprint density at radius 2 is 1.24 bits per heavy atom. The highest BCUT2D eigenvalue weighted by Crippen LogP contribution is 2.51. The highest BCUT2D eigenvalue weighted by atomic mass is 32.2. The minimum atomic E-state index is -4.70. The van der Waals surface area contributed by atoms with E-state index in [0.29, 0.717) is 38.9 Å². The summed E-state index contributed by atoms with van der Waals surface area (Å²) in [6.45, 7) is 12.8. The average molecular weight is 1300 g/mol. The lowest BCUT2D eigenvalue weighted by Gasteiger charge is -2.49. The van der Waals surface area contributed by atoms with Gasteiger partial charge in [-0.15, -0.1) is 49.6 Å². The molecule has 1 atom stereocenters. The average Bonchev–Trinajstić information content (AvgIpc) is 1.41. The third-order valence-corrected chi connectivity index (χ3v) is 17.4. The van der Waals surface area contributed by atoms with Crippen molar-refractivity contribution in [3.05, 3.63) is 157 Å². The Hall–Kier alpha value is -6.56. The molecule has 22 nitrogen and oxygen atoms in total. The van der Waals surface area contributed by atoms with E-state index in [9.17, 15) is 48.8 Å². The fraction of sp³-hybridized carbons (Fsp3) is 0.320. The van der Waals surface area contributed by atoms with Crippen molar-refractivity contribution in [2.24, 2.45) is 0 Å². The first-order valence-corrected chi connectivity index (χ1v) is 32.0. The molecule has 3 aliphatic rings. The zero-order valence-electron chi connectivity index (χ0n) is 44.2. The molecule has 2 aliphatic heterocycles. The van der Waals surface area contributed by atoms with Gasteiger partial charge in [-0.3, -0.25) is 18.5 Å². The van der Waals surface area contributed by atoms with E-state index in [4.69, 9.17) is 37.9 Å². The maximum Gasteiger partial charge on any atom is 0.425 e. The third kappa shape index (κ3) is 15.4. The van der Waals surface area contributed by atoms with Crippen LogP contribution in [0, 0.1) is 23.3 Å². The van der Waals surface area contributed by atoms with Crippen LogP contribution in [0.15, 0.2) is 93.6 Å². The van der Waals surface area contributed by atoms with E-state index in [1.807, 2.05) is 57.1 Å². The van der Waals surface area contributed by atoms with Crippen molar-refractivity contribution in [3.63, 3.8) is 0 Å². The molecule has 83 heavy (non-hydrogen) atoms. The number of benzene rings is 5. The number of hydrogen-bond acceptors (Lipinski definition) is 18. The lowest BCUT2D eigenvalue weighted by atomic mass is 9.66. The molecular weight excluding hydrogens is 1250 g/mol. The van der Waals surface area contributed by atoms with Crippen LogP contribution in [-0.2, 0) is 85.5 Å². The van der Waals surface area contributed by atoms with Gasteiger partial charge in [-0.25, -0.2) is 22.1 Å². The highest BCUT2D eigenvalue weighted by molar-refractivity contribution is 8.00. The molecule has 0 amide bonds. The van der Waals surface area contributed by atoms with Crippen LogP contribution in [0.1, 0.15) is 105 Å². The summed E-state index contributed by atoms with van der Waals surface area (Å²) in [5, 5.41) is 9.94. The topological polar surface area (TPSA) is 360 Å². The normalized spacial score (nSPS) is 16.3. The molecule has 5 aromatic carbocycles. The number of halogens is 4. The van der Waals surface area contributed by atoms with Crippen molar-refractivity contribution in [1.29, 1.82) is 0 Å². The number of carboxylic acid groups (broad SMARTS) is 1. The Balaban J connectivity index is 0.000000959. The molecule has 5 aromatic rings. The van der Waals surface area contributed by atoms with Crippen molar-refractivity contribution >= 4 is 96.7 Å². The number of carbonyl (C=O) groups is 1. The van der Waals surface area contributed by atoms with Gasteiger partial charge in [0, 0.05) is 65.7 Å². The lowest BCUT2D eigenvalue weighted by molar-refractivity contribution is -0.133. The van der Waals surface area contributed by atoms with Crippen LogP contribution in [-0.4, -0.2) is 110 Å². The van der Waals surface area contributed by atoms with E-state index in [2.05, 4.69) is 0 Å². The Labute approximate surface area is 481 Å². The number of hydrogen-bond donors (Lipinski definition) is 4. The van der Waals surface area contributed by atoms with Crippen molar-refractivity contribution in [2.75, 3.05) is 16.4 Å². The lowest BCUT2D eigenvalue weighted by Crippen LogP contribution is -2.50. The first-order chi connectivity index (χ1) is 37.9. The van der Waals surface area contributed by atoms with Gasteiger partial charge in [0.25, 0.3) is 30.4 Å². The summed E-state index contributed by atoms with van der Waals surface area (Å²) in [6, 6.07) is 17.9. The van der Waals surface area contributed by atoms with Gasteiger partial charge < -0.3 is 10.0 Å². The number of rotatable bonds is 12. The smallest absolute Gasteiger partial charge is 0.425 e. The Morgan fingerprint density at radius 1 is 0.711 bits per heavy atom. The van der Waals surface area contributed by atoms with Gasteiger partial charge >= 0.3 is 37.8 Å². The molecule has 4 N–H and O–H groups in total. The Bertz CT molecular complexity index is 4290. The van der Waals surface area contributed by atoms with Crippen LogP contribution in [0.3, 0.4) is 0 Å². The fourth-order valence-corrected chi connectivity index (χ4v) is 13.2. The summed E-state index contributed by atoms with van der Waals surface area (Å²) in [4.78, 5) is 11.5. The van der Waals surface area contributed by atoms with Crippen molar-refractivity contribution in [3.8, 4) is 0 Å². The van der Waals surface area contributed by atoms with Crippen molar-refractivity contribution < 1.29 is 104 Å². The van der Waals surface area contributed by atoms with Crippen LogP contribution in [0.5, 0.6) is 0 Å². The molecule has 0 saturated carbocycles. The van der Waals surface area contributed by atoms with Crippen LogP contribution < -0.4 is 20.1 Å². The number of thioether (sulfide) groups is 1. The zero-order chi connectivity index (χ0) is 63.0.